The van der Waals surface area contributed by atoms with E-state index in [2.05, 4.69) is 69.3 Å². The molecular formula is C60H66O12Si. The Hall–Kier alpha value is -5.55. The summed E-state index contributed by atoms with van der Waals surface area (Å²) in [6.45, 7) is 8.12. The highest BCUT2D eigenvalue weighted by Crippen LogP contribution is 2.43. The van der Waals surface area contributed by atoms with E-state index in [1.165, 1.54) is 0 Å². The molecule has 4 aliphatic heterocycles. The van der Waals surface area contributed by atoms with Gasteiger partial charge in [0, 0.05) is 0 Å². The molecule has 6 aromatic rings. The third kappa shape index (κ3) is 11.7. The van der Waals surface area contributed by atoms with Crippen LogP contribution in [0.5, 0.6) is 0 Å². The van der Waals surface area contributed by atoms with Crippen LogP contribution in [0.4, 0.5) is 4.79 Å². The average molecular weight is 1010 g/mol. The molecule has 12 nitrogen and oxygen atoms in total. The van der Waals surface area contributed by atoms with Gasteiger partial charge < -0.3 is 51.8 Å². The van der Waals surface area contributed by atoms with E-state index in [1.807, 2.05) is 133 Å². The number of hydrogen-bond acceptors (Lipinski definition) is 12. The van der Waals surface area contributed by atoms with Crippen molar-refractivity contribution in [3.63, 3.8) is 0 Å². The molecule has 0 aliphatic carbocycles. The van der Waals surface area contributed by atoms with Crippen LogP contribution < -0.4 is 10.4 Å². The van der Waals surface area contributed by atoms with E-state index in [4.69, 9.17) is 51.8 Å². The predicted molar refractivity (Wildman–Crippen MR) is 276 cm³/mol. The van der Waals surface area contributed by atoms with Crippen molar-refractivity contribution in [2.45, 2.75) is 113 Å². The zero-order chi connectivity index (χ0) is 50.0. The molecule has 0 aromatic heterocycles. The number of carbonyl (C=O) groups excluding carboxylic acids is 1. The van der Waals surface area contributed by atoms with Crippen molar-refractivity contribution in [2.24, 2.45) is 5.92 Å². The van der Waals surface area contributed by atoms with Crippen molar-refractivity contribution < 1.29 is 56.6 Å². The van der Waals surface area contributed by atoms with Gasteiger partial charge in [-0.1, -0.05) is 203 Å². The molecule has 73 heavy (non-hydrogen) atoms. The minimum atomic E-state index is -3.09. The summed E-state index contributed by atoms with van der Waals surface area (Å²) in [5.41, 5.74) is 3.99. The third-order valence-electron chi connectivity index (χ3n) is 14.5. The van der Waals surface area contributed by atoms with Crippen LogP contribution in [0.2, 0.25) is 5.04 Å². The highest BCUT2D eigenvalue weighted by Gasteiger charge is 2.61. The molecule has 10 rings (SSSR count). The molecule has 0 bridgehead atoms. The lowest BCUT2D eigenvalue weighted by Gasteiger charge is -2.55. The first kappa shape index (κ1) is 51.0. The summed E-state index contributed by atoms with van der Waals surface area (Å²) in [6.07, 6.45) is -8.04. The fourth-order valence-corrected chi connectivity index (χ4v) is 15.5. The predicted octanol–water partition coefficient (Wildman–Crippen LogP) is 8.96. The molecule has 4 aliphatic rings. The Balaban J connectivity index is 1.03. The second kappa shape index (κ2) is 23.8. The Kier molecular flexibility index (Phi) is 16.6. The van der Waals surface area contributed by atoms with Gasteiger partial charge in [0.2, 0.25) is 0 Å². The third-order valence-corrected chi connectivity index (χ3v) is 19.5. The summed E-state index contributed by atoms with van der Waals surface area (Å²) >= 11 is 0. The van der Waals surface area contributed by atoms with Gasteiger partial charge in [0.25, 0.3) is 8.32 Å². The summed E-state index contributed by atoms with van der Waals surface area (Å²) in [6, 6.07) is 61.2. The van der Waals surface area contributed by atoms with Crippen molar-refractivity contribution in [3.05, 3.63) is 204 Å². The monoisotopic (exact) mass is 1010 g/mol. The minimum absolute atomic E-state index is 0.0596. The quantitative estimate of drug-likeness (QED) is 0.0570. The van der Waals surface area contributed by atoms with Gasteiger partial charge in [-0.05, 0) is 37.7 Å². The van der Waals surface area contributed by atoms with Crippen molar-refractivity contribution >= 4 is 24.8 Å². The van der Waals surface area contributed by atoms with Crippen molar-refractivity contribution in [1.82, 2.24) is 0 Å². The Morgan fingerprint density at radius 2 is 0.932 bits per heavy atom. The number of ether oxygens (including phenoxy) is 10. The summed E-state index contributed by atoms with van der Waals surface area (Å²) in [7, 11) is -3.09. The maximum Gasteiger partial charge on any atom is 0.508 e. The molecule has 4 fully saturated rings. The second-order valence-electron chi connectivity index (χ2n) is 20.2. The fraction of sp³-hybridized carbons (Fsp3) is 0.383. The molecule has 4 saturated heterocycles. The zero-order valence-corrected chi connectivity index (χ0v) is 42.7. The molecule has 0 N–H and O–H groups in total. The van der Waals surface area contributed by atoms with Crippen molar-refractivity contribution in [1.29, 1.82) is 0 Å². The van der Waals surface area contributed by atoms with E-state index in [9.17, 15) is 4.79 Å². The lowest BCUT2D eigenvalue weighted by Crippen LogP contribution is -2.72. The van der Waals surface area contributed by atoms with E-state index in [0.717, 1.165) is 32.6 Å². The largest absolute Gasteiger partial charge is 0.508 e. The van der Waals surface area contributed by atoms with Gasteiger partial charge in [-0.2, -0.15) is 0 Å². The van der Waals surface area contributed by atoms with Gasteiger partial charge in [-0.3, -0.25) is 0 Å². The molecule has 4 heterocycles. The molecule has 11 atom stereocenters. The van der Waals surface area contributed by atoms with Crippen molar-refractivity contribution in [2.75, 3.05) is 26.6 Å². The van der Waals surface area contributed by atoms with E-state index in [0.29, 0.717) is 13.2 Å². The van der Waals surface area contributed by atoms with E-state index < -0.39 is 81.4 Å². The molecular weight excluding hydrogens is 941 g/mol. The Bertz CT molecular complexity index is 2570. The maximum absolute atomic E-state index is 13.1. The van der Waals surface area contributed by atoms with Crippen LogP contribution in [0.25, 0.3) is 0 Å². The van der Waals surface area contributed by atoms with Crippen LogP contribution in [-0.2, 0) is 78.2 Å². The first-order chi connectivity index (χ1) is 35.7. The minimum Gasteiger partial charge on any atom is -0.434 e. The van der Waals surface area contributed by atoms with E-state index >= 15 is 0 Å². The molecule has 0 saturated carbocycles. The highest BCUT2D eigenvalue weighted by molar-refractivity contribution is 6.99. The number of benzene rings is 6. The first-order valence-corrected chi connectivity index (χ1v) is 27.4. The van der Waals surface area contributed by atoms with Crippen LogP contribution in [0, 0.1) is 5.92 Å². The number of carbonyl (C=O) groups is 1. The molecule has 6 aromatic carbocycles. The van der Waals surface area contributed by atoms with Gasteiger partial charge in [0.15, 0.2) is 0 Å². The van der Waals surface area contributed by atoms with E-state index in [1.54, 1.807) is 0 Å². The zero-order valence-electron chi connectivity index (χ0n) is 41.7. The fourth-order valence-electron chi connectivity index (χ4n) is 11.0. The van der Waals surface area contributed by atoms with Crippen LogP contribution in [0.3, 0.4) is 0 Å². The summed E-state index contributed by atoms with van der Waals surface area (Å²) in [4.78, 5) is 13.1. The Morgan fingerprint density at radius 1 is 0.479 bits per heavy atom. The number of fused-ring (bicyclic) bond motifs is 3. The molecule has 13 heteroatoms. The molecule has 382 valence electrons. The number of hydrogen-bond donors (Lipinski definition) is 0. The molecule has 0 unspecified atom stereocenters. The molecule has 0 radical (unpaired) electrons. The topological polar surface area (TPSA) is 119 Å². The Morgan fingerprint density at radius 3 is 1.45 bits per heavy atom. The smallest absolute Gasteiger partial charge is 0.434 e. The van der Waals surface area contributed by atoms with Crippen LogP contribution >= 0.6 is 0 Å². The van der Waals surface area contributed by atoms with Gasteiger partial charge >= 0.3 is 6.16 Å². The molecule has 0 spiro atoms. The van der Waals surface area contributed by atoms with Gasteiger partial charge in [0.05, 0.1) is 51.7 Å². The van der Waals surface area contributed by atoms with E-state index in [-0.39, 0.29) is 44.9 Å². The van der Waals surface area contributed by atoms with Gasteiger partial charge in [-0.15, -0.1) is 0 Å². The lowest BCUT2D eigenvalue weighted by atomic mass is 9.80. The van der Waals surface area contributed by atoms with Crippen LogP contribution in [0.1, 0.15) is 43.0 Å². The Labute approximate surface area is 429 Å². The SMILES string of the molecule is CC(C)(C)[Si](OC[C@H]1O[C@H]2[C@H]([C@H]3O[C@H](COCc4ccccc4)[C@@H](OCc4ccccc4)[C@H](OCc4ccccc4)[C@@H]3OCc3ccccc3)OCO[C@@H]2[C@H]2COC(=O)O[C@H]21)(c1ccccc1)c1ccccc1. The normalized spacial score (nSPS) is 27.2. The lowest BCUT2D eigenvalue weighted by molar-refractivity contribution is -0.356. The highest BCUT2D eigenvalue weighted by atomic mass is 28.4. The first-order valence-electron chi connectivity index (χ1n) is 25.5. The summed E-state index contributed by atoms with van der Waals surface area (Å²) < 4.78 is 75.1. The van der Waals surface area contributed by atoms with Crippen LogP contribution in [0.15, 0.2) is 182 Å². The van der Waals surface area contributed by atoms with Gasteiger partial charge in [-0.25, -0.2) is 4.79 Å². The number of cyclic esters (lactones) is 1. The summed E-state index contributed by atoms with van der Waals surface area (Å²) in [5, 5.41) is 1.90. The van der Waals surface area contributed by atoms with Crippen LogP contribution in [-0.4, -0.2) is 102 Å². The summed E-state index contributed by atoms with van der Waals surface area (Å²) in [5.74, 6) is -0.431. The second-order valence-corrected chi connectivity index (χ2v) is 24.5. The maximum atomic E-state index is 13.1. The van der Waals surface area contributed by atoms with Crippen molar-refractivity contribution in [3.8, 4) is 0 Å². The van der Waals surface area contributed by atoms with Gasteiger partial charge in [0.1, 0.15) is 68.3 Å². The average Bonchev–Trinajstić information content (AvgIpc) is 3.43. The standard InChI is InChI=1S/C60H66O12Si/c1-60(2,3)73(46-30-18-8-19-31-46,47-32-20-9-21-33-47)69-40-50-51-48(38-66-59(61)72-51)52-57(71-50)56(68-41-67-52)58-55(65-37-45-28-16-7-17-29-45)54(64-36-44-26-14-6-15-27-44)53(63-35-43-24-12-5-13-25-43)49(70-58)39-62-34-42-22-10-4-11-23-42/h4-33,48-58H,34-41H2,1-3H3/t48-,49+,50+,51+,52+,53+,54-,55-,56+,57+,58-/m0/s1. The number of rotatable bonds is 19. The molecule has 0 amide bonds.